The van der Waals surface area contributed by atoms with Crippen molar-refractivity contribution in [2.24, 2.45) is 0 Å². The second-order valence-electron chi connectivity index (χ2n) is 4.39. The number of amides is 1. The average Bonchev–Trinajstić information content (AvgIpc) is 2.91. The summed E-state index contributed by atoms with van der Waals surface area (Å²) in [5.41, 5.74) is 0.868. The molecule has 2 aromatic rings. The predicted octanol–water partition coefficient (Wildman–Crippen LogP) is 2.89. The summed E-state index contributed by atoms with van der Waals surface area (Å²) >= 11 is 6.01. The molecule has 0 unspecified atom stereocenters. The lowest BCUT2D eigenvalue weighted by Gasteiger charge is -2.07. The number of hydrogen-bond acceptors (Lipinski definition) is 1. The summed E-state index contributed by atoms with van der Waals surface area (Å²) in [6.45, 7) is 1.60. The van der Waals surface area contributed by atoms with Crippen LogP contribution in [0.3, 0.4) is 0 Å². The molecule has 0 bridgehead atoms. The molecule has 1 amide bonds. The zero-order valence-corrected chi connectivity index (χ0v) is 11.4. The fourth-order valence-corrected chi connectivity index (χ4v) is 2.09. The first-order valence-electron chi connectivity index (χ1n) is 6.36. The van der Waals surface area contributed by atoms with E-state index in [1.165, 1.54) is 0 Å². The van der Waals surface area contributed by atoms with Gasteiger partial charge in [0.15, 0.2) is 0 Å². The van der Waals surface area contributed by atoms with E-state index in [-0.39, 0.29) is 5.91 Å². The Labute approximate surface area is 118 Å². The van der Waals surface area contributed by atoms with E-state index in [1.54, 1.807) is 6.07 Å². The van der Waals surface area contributed by atoms with Crippen LogP contribution in [0, 0.1) is 0 Å². The van der Waals surface area contributed by atoms with E-state index in [9.17, 15) is 4.79 Å². The van der Waals surface area contributed by atoms with E-state index in [1.807, 2.05) is 42.7 Å². The van der Waals surface area contributed by atoms with Crippen LogP contribution in [0.15, 0.2) is 48.8 Å². The van der Waals surface area contributed by atoms with Crippen LogP contribution in [-0.4, -0.2) is 17.0 Å². The zero-order chi connectivity index (χ0) is 13.5. The molecule has 0 fully saturated rings. The third-order valence-corrected chi connectivity index (χ3v) is 3.26. The van der Waals surface area contributed by atoms with Crippen molar-refractivity contribution in [2.75, 3.05) is 6.54 Å². The van der Waals surface area contributed by atoms with Crippen LogP contribution in [0.5, 0.6) is 0 Å². The first-order chi connectivity index (χ1) is 9.25. The van der Waals surface area contributed by atoms with Crippen LogP contribution in [-0.2, 0) is 17.8 Å². The van der Waals surface area contributed by atoms with Crippen molar-refractivity contribution >= 4 is 17.5 Å². The number of nitrogens with one attached hydrogen (secondary N) is 1. The van der Waals surface area contributed by atoms with E-state index >= 15 is 0 Å². The van der Waals surface area contributed by atoms with Crippen LogP contribution in [0.4, 0.5) is 0 Å². The standard InChI is InChI=1S/C15H17ClN2O/c16-14-7-2-1-6-13(14)12-15(19)17-8-5-11-18-9-3-4-10-18/h1-4,6-7,9-10H,5,8,11-12H2,(H,17,19). The lowest BCUT2D eigenvalue weighted by molar-refractivity contribution is -0.120. The number of aromatic nitrogens is 1. The van der Waals surface area contributed by atoms with Gasteiger partial charge in [0.2, 0.25) is 5.91 Å². The largest absolute Gasteiger partial charge is 0.356 e. The Balaban J connectivity index is 1.69. The molecule has 0 spiro atoms. The lowest BCUT2D eigenvalue weighted by Crippen LogP contribution is -2.26. The summed E-state index contributed by atoms with van der Waals surface area (Å²) in [5.74, 6) is 0.0145. The number of halogens is 1. The summed E-state index contributed by atoms with van der Waals surface area (Å²) in [6.07, 6.45) is 5.29. The van der Waals surface area contributed by atoms with Gasteiger partial charge in [0.05, 0.1) is 6.42 Å². The fourth-order valence-electron chi connectivity index (χ4n) is 1.89. The third-order valence-electron chi connectivity index (χ3n) is 2.89. The van der Waals surface area contributed by atoms with Crippen molar-refractivity contribution in [3.05, 3.63) is 59.4 Å². The van der Waals surface area contributed by atoms with Crippen LogP contribution >= 0.6 is 11.6 Å². The molecule has 1 aromatic carbocycles. The average molecular weight is 277 g/mol. The second-order valence-corrected chi connectivity index (χ2v) is 4.80. The number of nitrogens with zero attached hydrogens (tertiary/aromatic N) is 1. The van der Waals surface area contributed by atoms with E-state index < -0.39 is 0 Å². The summed E-state index contributed by atoms with van der Waals surface area (Å²) in [7, 11) is 0. The number of carbonyl (C=O) groups is 1. The fraction of sp³-hybridized carbons (Fsp3) is 0.267. The molecule has 4 heteroatoms. The van der Waals surface area contributed by atoms with Gasteiger partial charge in [-0.3, -0.25) is 4.79 Å². The van der Waals surface area contributed by atoms with E-state index in [0.717, 1.165) is 18.5 Å². The van der Waals surface area contributed by atoms with E-state index in [2.05, 4.69) is 9.88 Å². The van der Waals surface area contributed by atoms with Crippen LogP contribution in [0.2, 0.25) is 5.02 Å². The molecule has 3 nitrogen and oxygen atoms in total. The van der Waals surface area contributed by atoms with E-state index in [0.29, 0.717) is 18.0 Å². The molecule has 0 radical (unpaired) electrons. The minimum atomic E-state index is 0.0145. The van der Waals surface area contributed by atoms with Gasteiger partial charge in [0, 0.05) is 30.5 Å². The van der Waals surface area contributed by atoms with Gasteiger partial charge in [-0.25, -0.2) is 0 Å². The summed E-state index contributed by atoms with van der Waals surface area (Å²) in [5, 5.41) is 3.55. The zero-order valence-electron chi connectivity index (χ0n) is 10.7. The van der Waals surface area contributed by atoms with Gasteiger partial charge < -0.3 is 9.88 Å². The minimum Gasteiger partial charge on any atom is -0.356 e. The van der Waals surface area contributed by atoms with Crippen molar-refractivity contribution in [1.82, 2.24) is 9.88 Å². The van der Waals surface area contributed by atoms with Gasteiger partial charge in [-0.1, -0.05) is 29.8 Å². The highest BCUT2D eigenvalue weighted by atomic mass is 35.5. The SMILES string of the molecule is O=C(Cc1ccccc1Cl)NCCCn1cccc1. The Morgan fingerprint density at radius 2 is 1.89 bits per heavy atom. The Morgan fingerprint density at radius 3 is 2.63 bits per heavy atom. The molecular weight excluding hydrogens is 260 g/mol. The van der Waals surface area contributed by atoms with E-state index in [4.69, 9.17) is 11.6 Å². The number of carbonyl (C=O) groups excluding carboxylic acids is 1. The summed E-state index contributed by atoms with van der Waals surface area (Å²) in [4.78, 5) is 11.7. The molecule has 100 valence electrons. The molecule has 19 heavy (non-hydrogen) atoms. The smallest absolute Gasteiger partial charge is 0.224 e. The van der Waals surface area contributed by atoms with Crippen molar-refractivity contribution < 1.29 is 4.79 Å². The Kier molecular flexibility index (Phi) is 5.04. The highest BCUT2D eigenvalue weighted by molar-refractivity contribution is 6.31. The highest BCUT2D eigenvalue weighted by Crippen LogP contribution is 2.15. The van der Waals surface area contributed by atoms with Crippen molar-refractivity contribution in [1.29, 1.82) is 0 Å². The minimum absolute atomic E-state index is 0.0145. The van der Waals surface area contributed by atoms with Crippen LogP contribution < -0.4 is 5.32 Å². The maximum atomic E-state index is 11.7. The molecule has 0 aliphatic heterocycles. The number of benzene rings is 1. The molecule has 1 N–H and O–H groups in total. The molecule has 0 saturated carbocycles. The monoisotopic (exact) mass is 276 g/mol. The number of aryl methyl sites for hydroxylation is 1. The summed E-state index contributed by atoms with van der Waals surface area (Å²) in [6, 6.07) is 11.4. The Bertz CT molecular complexity index is 523. The van der Waals surface area contributed by atoms with Gasteiger partial charge >= 0.3 is 0 Å². The van der Waals surface area contributed by atoms with Gasteiger partial charge in [0.25, 0.3) is 0 Å². The molecule has 1 aromatic heterocycles. The maximum absolute atomic E-state index is 11.7. The first-order valence-corrected chi connectivity index (χ1v) is 6.74. The Morgan fingerprint density at radius 1 is 1.16 bits per heavy atom. The molecule has 2 rings (SSSR count). The first kappa shape index (κ1) is 13.7. The van der Waals surface area contributed by atoms with Gasteiger partial charge in [-0.15, -0.1) is 0 Å². The Hall–Kier alpha value is -1.74. The van der Waals surface area contributed by atoms with Crippen LogP contribution in [0.1, 0.15) is 12.0 Å². The van der Waals surface area contributed by atoms with Gasteiger partial charge in [-0.05, 0) is 30.2 Å². The molecular formula is C15H17ClN2O. The predicted molar refractivity (Wildman–Crippen MR) is 77.2 cm³/mol. The van der Waals surface area contributed by atoms with Crippen molar-refractivity contribution in [2.45, 2.75) is 19.4 Å². The lowest BCUT2D eigenvalue weighted by atomic mass is 10.1. The topological polar surface area (TPSA) is 34.0 Å². The van der Waals surface area contributed by atoms with Crippen molar-refractivity contribution in [3.63, 3.8) is 0 Å². The van der Waals surface area contributed by atoms with Crippen molar-refractivity contribution in [3.8, 4) is 0 Å². The molecule has 0 saturated heterocycles. The van der Waals surface area contributed by atoms with Crippen LogP contribution in [0.25, 0.3) is 0 Å². The third kappa shape index (κ3) is 4.45. The second kappa shape index (κ2) is 7.00. The molecule has 0 atom stereocenters. The van der Waals surface area contributed by atoms with Gasteiger partial charge in [0.1, 0.15) is 0 Å². The maximum Gasteiger partial charge on any atom is 0.224 e. The quantitative estimate of drug-likeness (QED) is 0.809. The number of hydrogen-bond donors (Lipinski definition) is 1. The molecule has 0 aliphatic rings. The highest BCUT2D eigenvalue weighted by Gasteiger charge is 2.05. The number of rotatable bonds is 6. The molecule has 1 heterocycles. The molecule has 0 aliphatic carbocycles. The van der Waals surface area contributed by atoms with Gasteiger partial charge in [-0.2, -0.15) is 0 Å². The normalized spacial score (nSPS) is 10.4. The summed E-state index contributed by atoms with van der Waals surface area (Å²) < 4.78 is 2.10.